The molecule has 0 radical (unpaired) electrons. The van der Waals surface area contributed by atoms with Crippen molar-refractivity contribution in [1.82, 2.24) is 20.0 Å². The molecule has 0 amide bonds. The molecule has 1 aliphatic rings. The summed E-state index contributed by atoms with van der Waals surface area (Å²) < 4.78 is 2.31. The number of aryl methyl sites for hydroxylation is 1. The van der Waals surface area contributed by atoms with Gasteiger partial charge >= 0.3 is 0 Å². The van der Waals surface area contributed by atoms with Crippen molar-refractivity contribution in [1.29, 1.82) is 0 Å². The first-order chi connectivity index (χ1) is 6.22. The van der Waals surface area contributed by atoms with Crippen LogP contribution in [-0.4, -0.2) is 28.2 Å². The van der Waals surface area contributed by atoms with Crippen molar-refractivity contribution < 1.29 is 0 Å². The van der Waals surface area contributed by atoms with Crippen LogP contribution >= 0.6 is 0 Å². The molecule has 13 heavy (non-hydrogen) atoms. The molecule has 0 saturated carbocycles. The van der Waals surface area contributed by atoms with E-state index in [2.05, 4.69) is 33.8 Å². The Morgan fingerprint density at radius 1 is 1.31 bits per heavy atom. The fourth-order valence-electron chi connectivity index (χ4n) is 1.80. The number of hydrogen-bond donors (Lipinski definition) is 1. The average molecular weight is 180 g/mol. The van der Waals surface area contributed by atoms with E-state index >= 15 is 0 Å². The minimum absolute atomic E-state index is 0.908. The summed E-state index contributed by atoms with van der Waals surface area (Å²) in [4.78, 5) is 4.53. The molecular formula is C9H16N4. The summed E-state index contributed by atoms with van der Waals surface area (Å²) in [6, 6.07) is 0. The summed E-state index contributed by atoms with van der Waals surface area (Å²) >= 11 is 0. The standard InChI is InChI=1S/C9H16N4/c1-7-8(2)13-5-4-12(10-3)6-9(13)11-7/h10H,4-6H2,1-3H3. The summed E-state index contributed by atoms with van der Waals surface area (Å²) in [6.07, 6.45) is 0. The Kier molecular flexibility index (Phi) is 2.09. The van der Waals surface area contributed by atoms with Crippen molar-refractivity contribution in [2.75, 3.05) is 13.6 Å². The Morgan fingerprint density at radius 2 is 2.08 bits per heavy atom. The number of fused-ring (bicyclic) bond motifs is 1. The molecule has 0 aliphatic carbocycles. The number of hydrazine groups is 1. The first-order valence-electron chi connectivity index (χ1n) is 4.67. The zero-order valence-corrected chi connectivity index (χ0v) is 8.46. The maximum Gasteiger partial charge on any atom is 0.124 e. The van der Waals surface area contributed by atoms with E-state index in [4.69, 9.17) is 0 Å². The van der Waals surface area contributed by atoms with Gasteiger partial charge in [0.1, 0.15) is 5.82 Å². The number of aromatic nitrogens is 2. The lowest BCUT2D eigenvalue weighted by molar-refractivity contribution is 0.159. The number of nitrogens with one attached hydrogen (secondary N) is 1. The third-order valence-corrected chi connectivity index (χ3v) is 2.78. The van der Waals surface area contributed by atoms with Gasteiger partial charge in [0, 0.05) is 18.8 Å². The number of nitrogens with zero attached hydrogens (tertiary/aromatic N) is 3. The second-order valence-corrected chi connectivity index (χ2v) is 3.50. The molecule has 0 unspecified atom stereocenters. The summed E-state index contributed by atoms with van der Waals surface area (Å²) in [5.74, 6) is 1.18. The SMILES string of the molecule is CNN1CCn2c(nc(C)c2C)C1. The van der Waals surface area contributed by atoms with Gasteiger partial charge in [0.05, 0.1) is 12.2 Å². The van der Waals surface area contributed by atoms with Gasteiger partial charge < -0.3 is 4.57 Å². The number of imidazole rings is 1. The molecule has 1 aromatic heterocycles. The molecule has 1 aliphatic heterocycles. The molecule has 1 N–H and O–H groups in total. The normalized spacial score (nSPS) is 17.5. The second kappa shape index (κ2) is 3.12. The summed E-state index contributed by atoms with van der Waals surface area (Å²) in [6.45, 7) is 7.22. The second-order valence-electron chi connectivity index (χ2n) is 3.50. The highest BCUT2D eigenvalue weighted by molar-refractivity contribution is 5.15. The minimum Gasteiger partial charge on any atom is -0.330 e. The average Bonchev–Trinajstić information content (AvgIpc) is 2.42. The van der Waals surface area contributed by atoms with Gasteiger partial charge in [0.25, 0.3) is 0 Å². The number of rotatable bonds is 1. The van der Waals surface area contributed by atoms with Crippen LogP contribution < -0.4 is 5.43 Å². The summed E-state index contributed by atoms with van der Waals surface area (Å²) in [7, 11) is 1.96. The zero-order chi connectivity index (χ0) is 9.42. The molecule has 0 atom stereocenters. The van der Waals surface area contributed by atoms with E-state index in [1.54, 1.807) is 0 Å². The van der Waals surface area contributed by atoms with Crippen LogP contribution in [0.4, 0.5) is 0 Å². The van der Waals surface area contributed by atoms with E-state index in [0.717, 1.165) is 25.3 Å². The van der Waals surface area contributed by atoms with Crippen molar-refractivity contribution in [3.63, 3.8) is 0 Å². The van der Waals surface area contributed by atoms with Gasteiger partial charge in [-0.1, -0.05) is 0 Å². The molecule has 0 bridgehead atoms. The smallest absolute Gasteiger partial charge is 0.124 e. The van der Waals surface area contributed by atoms with Crippen LogP contribution in [0.3, 0.4) is 0 Å². The maximum atomic E-state index is 4.53. The van der Waals surface area contributed by atoms with Gasteiger partial charge in [-0.3, -0.25) is 5.43 Å². The monoisotopic (exact) mass is 180 g/mol. The van der Waals surface area contributed by atoms with E-state index in [9.17, 15) is 0 Å². The van der Waals surface area contributed by atoms with Crippen molar-refractivity contribution in [2.45, 2.75) is 26.9 Å². The maximum absolute atomic E-state index is 4.53. The van der Waals surface area contributed by atoms with Gasteiger partial charge in [-0.2, -0.15) is 0 Å². The Morgan fingerprint density at radius 3 is 2.77 bits per heavy atom. The van der Waals surface area contributed by atoms with Crippen LogP contribution in [0.2, 0.25) is 0 Å². The first kappa shape index (κ1) is 8.72. The lowest BCUT2D eigenvalue weighted by atomic mass is 10.3. The van der Waals surface area contributed by atoms with E-state index in [1.807, 2.05) is 7.05 Å². The molecule has 0 spiro atoms. The molecular weight excluding hydrogens is 164 g/mol. The van der Waals surface area contributed by atoms with Gasteiger partial charge in [-0.25, -0.2) is 9.99 Å². The van der Waals surface area contributed by atoms with Crippen LogP contribution in [0.5, 0.6) is 0 Å². The Balaban J connectivity index is 2.31. The minimum atomic E-state index is 0.908. The third-order valence-electron chi connectivity index (χ3n) is 2.78. The van der Waals surface area contributed by atoms with Gasteiger partial charge in [0.2, 0.25) is 0 Å². The third kappa shape index (κ3) is 1.36. The van der Waals surface area contributed by atoms with Crippen molar-refractivity contribution in [3.8, 4) is 0 Å². The zero-order valence-electron chi connectivity index (χ0n) is 8.46. The summed E-state index contributed by atoms with van der Waals surface area (Å²) in [5.41, 5.74) is 5.62. The first-order valence-corrected chi connectivity index (χ1v) is 4.67. The molecule has 4 nitrogen and oxygen atoms in total. The van der Waals surface area contributed by atoms with E-state index in [-0.39, 0.29) is 0 Å². The number of hydrogen-bond acceptors (Lipinski definition) is 3. The fourth-order valence-corrected chi connectivity index (χ4v) is 1.80. The Bertz CT molecular complexity index is 316. The van der Waals surface area contributed by atoms with Crippen LogP contribution in [-0.2, 0) is 13.1 Å². The predicted molar refractivity (Wildman–Crippen MR) is 51.2 cm³/mol. The van der Waals surface area contributed by atoms with Crippen molar-refractivity contribution >= 4 is 0 Å². The van der Waals surface area contributed by atoms with E-state index < -0.39 is 0 Å². The van der Waals surface area contributed by atoms with Crippen LogP contribution in [0, 0.1) is 13.8 Å². The van der Waals surface area contributed by atoms with E-state index in [1.165, 1.54) is 11.5 Å². The van der Waals surface area contributed by atoms with Gasteiger partial charge in [0.15, 0.2) is 0 Å². The molecule has 2 heterocycles. The molecule has 4 heteroatoms. The van der Waals surface area contributed by atoms with Crippen molar-refractivity contribution in [2.24, 2.45) is 0 Å². The van der Waals surface area contributed by atoms with Crippen LogP contribution in [0.15, 0.2) is 0 Å². The molecule has 2 rings (SSSR count). The van der Waals surface area contributed by atoms with Crippen molar-refractivity contribution in [3.05, 3.63) is 17.2 Å². The highest BCUT2D eigenvalue weighted by atomic mass is 15.5. The quantitative estimate of drug-likeness (QED) is 0.681. The van der Waals surface area contributed by atoms with Gasteiger partial charge in [-0.05, 0) is 20.9 Å². The van der Waals surface area contributed by atoms with Crippen LogP contribution in [0.25, 0.3) is 0 Å². The molecule has 0 aromatic carbocycles. The lowest BCUT2D eigenvalue weighted by Crippen LogP contribution is -2.41. The Labute approximate surface area is 78.5 Å². The highest BCUT2D eigenvalue weighted by Gasteiger charge is 2.18. The molecule has 72 valence electrons. The predicted octanol–water partition coefficient (Wildman–Crippen LogP) is 0.450. The lowest BCUT2D eigenvalue weighted by Gasteiger charge is -2.26. The topological polar surface area (TPSA) is 33.1 Å². The fraction of sp³-hybridized carbons (Fsp3) is 0.667. The Hall–Kier alpha value is -0.870. The molecule has 1 aromatic rings. The van der Waals surface area contributed by atoms with Gasteiger partial charge in [-0.15, -0.1) is 0 Å². The molecule has 0 fully saturated rings. The molecule has 0 saturated heterocycles. The van der Waals surface area contributed by atoms with Crippen LogP contribution in [0.1, 0.15) is 17.2 Å². The highest BCUT2D eigenvalue weighted by Crippen LogP contribution is 2.15. The van der Waals surface area contributed by atoms with E-state index in [0.29, 0.717) is 0 Å². The largest absolute Gasteiger partial charge is 0.330 e. The summed E-state index contributed by atoms with van der Waals surface area (Å²) in [5, 5.41) is 2.18.